The third-order valence-electron chi connectivity index (χ3n) is 4.32. The van der Waals surface area contributed by atoms with Crippen LogP contribution in [0.5, 0.6) is 5.75 Å². The second-order valence-electron chi connectivity index (χ2n) is 6.09. The van der Waals surface area contributed by atoms with Gasteiger partial charge in [0, 0.05) is 32.6 Å². The molecule has 130 valence electrons. The zero-order valence-electron chi connectivity index (χ0n) is 14.3. The van der Waals surface area contributed by atoms with E-state index in [-0.39, 0.29) is 0 Å². The molecule has 1 aromatic carbocycles. The molecule has 0 bridgehead atoms. The van der Waals surface area contributed by atoms with Crippen LogP contribution in [0.1, 0.15) is 18.3 Å². The van der Waals surface area contributed by atoms with E-state index in [9.17, 15) is 0 Å². The highest BCUT2D eigenvalue weighted by Crippen LogP contribution is 2.24. The standard InChI is InChI=1S/C18H22N6O/c1-2-25-14-5-3-4-13(10-14)11-16-21-17-15(12-20-23-17)18(22-16)24-8-6-19-7-9-24/h3-5,10,12,19H,2,6-9,11H2,1H3,(H,20,21,22,23). The summed E-state index contributed by atoms with van der Waals surface area (Å²) < 4.78 is 5.59. The Bertz CT molecular complexity index is 856. The number of piperazine rings is 1. The van der Waals surface area contributed by atoms with Crippen molar-refractivity contribution in [2.45, 2.75) is 13.3 Å². The fourth-order valence-electron chi connectivity index (χ4n) is 3.16. The minimum absolute atomic E-state index is 0.660. The second-order valence-corrected chi connectivity index (χ2v) is 6.09. The van der Waals surface area contributed by atoms with Crippen LogP contribution >= 0.6 is 0 Å². The van der Waals surface area contributed by atoms with E-state index < -0.39 is 0 Å². The normalized spacial score (nSPS) is 14.8. The minimum atomic E-state index is 0.660. The molecule has 1 aliphatic heterocycles. The van der Waals surface area contributed by atoms with Gasteiger partial charge >= 0.3 is 0 Å². The lowest BCUT2D eigenvalue weighted by atomic mass is 10.1. The Morgan fingerprint density at radius 2 is 2.08 bits per heavy atom. The van der Waals surface area contributed by atoms with Crippen LogP contribution in [0.3, 0.4) is 0 Å². The Morgan fingerprint density at radius 1 is 1.20 bits per heavy atom. The molecule has 25 heavy (non-hydrogen) atoms. The van der Waals surface area contributed by atoms with Crippen LogP contribution in [-0.4, -0.2) is 53.0 Å². The molecular weight excluding hydrogens is 316 g/mol. The molecule has 0 spiro atoms. The van der Waals surface area contributed by atoms with E-state index in [1.165, 1.54) is 0 Å². The van der Waals surface area contributed by atoms with Gasteiger partial charge in [0.1, 0.15) is 17.4 Å². The van der Waals surface area contributed by atoms with Crippen molar-refractivity contribution in [1.29, 1.82) is 0 Å². The summed E-state index contributed by atoms with van der Waals surface area (Å²) in [6.07, 6.45) is 2.47. The first-order valence-corrected chi connectivity index (χ1v) is 8.71. The van der Waals surface area contributed by atoms with Crippen LogP contribution in [0.25, 0.3) is 11.0 Å². The van der Waals surface area contributed by atoms with E-state index in [1.807, 2.05) is 25.3 Å². The fourth-order valence-corrected chi connectivity index (χ4v) is 3.16. The van der Waals surface area contributed by atoms with E-state index in [0.29, 0.717) is 13.0 Å². The second kappa shape index (κ2) is 7.06. The molecule has 1 saturated heterocycles. The van der Waals surface area contributed by atoms with Crippen LogP contribution in [0.15, 0.2) is 30.5 Å². The molecule has 0 unspecified atom stereocenters. The van der Waals surface area contributed by atoms with Gasteiger partial charge in [-0.05, 0) is 24.6 Å². The lowest BCUT2D eigenvalue weighted by Gasteiger charge is -2.28. The van der Waals surface area contributed by atoms with E-state index in [0.717, 1.165) is 60.2 Å². The highest BCUT2D eigenvalue weighted by atomic mass is 16.5. The number of anilines is 1. The molecule has 7 heteroatoms. The monoisotopic (exact) mass is 338 g/mol. The van der Waals surface area contributed by atoms with Crippen LogP contribution in [0, 0.1) is 0 Å². The van der Waals surface area contributed by atoms with Crippen molar-refractivity contribution in [1.82, 2.24) is 25.5 Å². The third-order valence-corrected chi connectivity index (χ3v) is 4.32. The number of rotatable bonds is 5. The molecule has 7 nitrogen and oxygen atoms in total. The third kappa shape index (κ3) is 3.41. The molecule has 3 heterocycles. The SMILES string of the molecule is CCOc1cccc(Cc2nc(N3CCNCC3)c3cn[nH]c3n2)c1. The first kappa shape index (κ1) is 15.8. The van der Waals surface area contributed by atoms with Crippen molar-refractivity contribution in [3.05, 3.63) is 41.9 Å². The van der Waals surface area contributed by atoms with Crippen LogP contribution < -0.4 is 15.0 Å². The number of aromatic nitrogens is 4. The van der Waals surface area contributed by atoms with Crippen molar-refractivity contribution < 1.29 is 4.74 Å². The summed E-state index contributed by atoms with van der Waals surface area (Å²) in [6, 6.07) is 8.10. The molecule has 0 aliphatic carbocycles. The number of H-pyrrole nitrogens is 1. The van der Waals surface area contributed by atoms with Gasteiger partial charge in [-0.25, -0.2) is 9.97 Å². The number of fused-ring (bicyclic) bond motifs is 1. The van der Waals surface area contributed by atoms with E-state index >= 15 is 0 Å². The van der Waals surface area contributed by atoms with Crippen molar-refractivity contribution in [3.63, 3.8) is 0 Å². The Hall–Kier alpha value is -2.67. The van der Waals surface area contributed by atoms with Gasteiger partial charge in [0.15, 0.2) is 5.65 Å². The zero-order valence-corrected chi connectivity index (χ0v) is 14.3. The molecule has 1 fully saturated rings. The lowest BCUT2D eigenvalue weighted by molar-refractivity contribution is 0.340. The summed E-state index contributed by atoms with van der Waals surface area (Å²) in [5.41, 5.74) is 1.93. The molecule has 1 aliphatic rings. The predicted octanol–water partition coefficient (Wildman–Crippen LogP) is 1.75. The number of ether oxygens (including phenoxy) is 1. The van der Waals surface area contributed by atoms with Gasteiger partial charge in [-0.15, -0.1) is 0 Å². The topological polar surface area (TPSA) is 79.0 Å². The molecule has 0 saturated carbocycles. The number of hydrogen-bond donors (Lipinski definition) is 2. The largest absolute Gasteiger partial charge is 0.494 e. The Balaban J connectivity index is 1.66. The molecule has 0 atom stereocenters. The number of nitrogens with zero attached hydrogens (tertiary/aromatic N) is 4. The van der Waals surface area contributed by atoms with Crippen LogP contribution in [0.4, 0.5) is 5.82 Å². The number of aromatic amines is 1. The number of benzene rings is 1. The summed E-state index contributed by atoms with van der Waals surface area (Å²) in [5.74, 6) is 2.64. The first-order chi connectivity index (χ1) is 12.3. The zero-order chi connectivity index (χ0) is 17.1. The Labute approximate surface area is 146 Å². The van der Waals surface area contributed by atoms with Gasteiger partial charge in [0.05, 0.1) is 18.2 Å². The van der Waals surface area contributed by atoms with Gasteiger partial charge in [-0.3, -0.25) is 5.10 Å². The smallest absolute Gasteiger partial charge is 0.161 e. The van der Waals surface area contributed by atoms with E-state index in [1.54, 1.807) is 0 Å². The van der Waals surface area contributed by atoms with Gasteiger partial charge in [0.25, 0.3) is 0 Å². The first-order valence-electron chi connectivity index (χ1n) is 8.71. The predicted molar refractivity (Wildman–Crippen MR) is 97.2 cm³/mol. The Morgan fingerprint density at radius 3 is 2.92 bits per heavy atom. The Kier molecular flexibility index (Phi) is 4.47. The number of hydrogen-bond acceptors (Lipinski definition) is 6. The van der Waals surface area contributed by atoms with Crippen molar-refractivity contribution in [2.24, 2.45) is 0 Å². The van der Waals surface area contributed by atoms with Crippen molar-refractivity contribution in [3.8, 4) is 5.75 Å². The van der Waals surface area contributed by atoms with Crippen molar-refractivity contribution >= 4 is 16.9 Å². The maximum atomic E-state index is 5.59. The highest BCUT2D eigenvalue weighted by molar-refractivity contribution is 5.86. The van der Waals surface area contributed by atoms with Gasteiger partial charge < -0.3 is 15.0 Å². The van der Waals surface area contributed by atoms with Crippen LogP contribution in [-0.2, 0) is 6.42 Å². The average Bonchev–Trinajstić information content (AvgIpc) is 3.11. The number of nitrogens with one attached hydrogen (secondary N) is 2. The molecule has 2 N–H and O–H groups in total. The summed E-state index contributed by atoms with van der Waals surface area (Å²) in [6.45, 7) is 6.46. The van der Waals surface area contributed by atoms with Gasteiger partial charge in [-0.1, -0.05) is 12.1 Å². The maximum absolute atomic E-state index is 5.59. The summed E-state index contributed by atoms with van der Waals surface area (Å²) in [5, 5.41) is 11.5. The lowest BCUT2D eigenvalue weighted by Crippen LogP contribution is -2.44. The molecule has 0 radical (unpaired) electrons. The average molecular weight is 338 g/mol. The van der Waals surface area contributed by atoms with Gasteiger partial charge in [-0.2, -0.15) is 5.10 Å². The molecular formula is C18H22N6O. The quantitative estimate of drug-likeness (QED) is 0.738. The fraction of sp³-hybridized carbons (Fsp3) is 0.389. The maximum Gasteiger partial charge on any atom is 0.161 e. The highest BCUT2D eigenvalue weighted by Gasteiger charge is 2.18. The van der Waals surface area contributed by atoms with Crippen molar-refractivity contribution in [2.75, 3.05) is 37.7 Å². The molecule has 4 rings (SSSR count). The minimum Gasteiger partial charge on any atom is -0.494 e. The van der Waals surface area contributed by atoms with E-state index in [4.69, 9.17) is 9.72 Å². The van der Waals surface area contributed by atoms with Gasteiger partial charge in [0.2, 0.25) is 0 Å². The van der Waals surface area contributed by atoms with Crippen LogP contribution in [0.2, 0.25) is 0 Å². The summed E-state index contributed by atoms with van der Waals surface area (Å²) >= 11 is 0. The molecule has 3 aromatic rings. The van der Waals surface area contributed by atoms with E-state index in [2.05, 4.69) is 37.5 Å². The summed E-state index contributed by atoms with van der Waals surface area (Å²) in [4.78, 5) is 11.8. The molecule has 2 aromatic heterocycles. The molecule has 0 amide bonds. The summed E-state index contributed by atoms with van der Waals surface area (Å²) in [7, 11) is 0.